The summed E-state index contributed by atoms with van der Waals surface area (Å²) < 4.78 is 0. The van der Waals surface area contributed by atoms with E-state index in [1.54, 1.807) is 0 Å². The second-order valence-electron chi connectivity index (χ2n) is 5.05. The zero-order valence-corrected chi connectivity index (χ0v) is 7.85. The fourth-order valence-electron chi connectivity index (χ4n) is 2.68. The number of hydrogen-bond donors (Lipinski definition) is 0. The van der Waals surface area contributed by atoms with Gasteiger partial charge >= 0.3 is 0 Å². The molecule has 2 bridgehead atoms. The van der Waals surface area contributed by atoms with E-state index in [1.165, 1.54) is 12.8 Å². The molecule has 1 radical (unpaired) electrons. The van der Waals surface area contributed by atoms with E-state index in [4.69, 9.17) is 4.84 Å². The molecule has 11 heavy (non-hydrogen) atoms. The van der Waals surface area contributed by atoms with Crippen LogP contribution in [-0.4, -0.2) is 17.2 Å². The molecule has 0 aromatic rings. The molecule has 2 rings (SSSR count). The molecule has 0 atom stereocenters. The van der Waals surface area contributed by atoms with Crippen LogP contribution in [0.2, 0.25) is 0 Å². The average molecular weight is 155 g/mol. The molecule has 63 valence electrons. The molecule has 2 aliphatic rings. The van der Waals surface area contributed by atoms with Crippen LogP contribution in [0.1, 0.15) is 40.5 Å². The molecular weight excluding hydrogens is 138 g/mol. The summed E-state index contributed by atoms with van der Waals surface area (Å²) in [6, 6.07) is 0. The molecule has 2 heterocycles. The summed E-state index contributed by atoms with van der Waals surface area (Å²) in [5.74, 6) is 0. The van der Waals surface area contributed by atoms with Gasteiger partial charge in [-0.05, 0) is 27.7 Å². The van der Waals surface area contributed by atoms with Gasteiger partial charge in [-0.3, -0.25) is 0 Å². The number of fused-ring (bicyclic) bond motifs is 2. The Kier molecular flexibility index (Phi) is 1.24. The maximum absolute atomic E-state index is 5.74. The lowest BCUT2D eigenvalue weighted by atomic mass is 9.83. The van der Waals surface area contributed by atoms with Crippen LogP contribution < -0.4 is 5.06 Å². The lowest BCUT2D eigenvalue weighted by Gasteiger charge is -2.28. The normalized spacial score (nSPS) is 44.7. The summed E-state index contributed by atoms with van der Waals surface area (Å²) in [7, 11) is 0. The third kappa shape index (κ3) is 0.926. The summed E-state index contributed by atoms with van der Waals surface area (Å²) in [6.45, 7) is 9.03. The van der Waals surface area contributed by atoms with Crippen molar-refractivity contribution in [2.45, 2.75) is 57.7 Å². The Morgan fingerprint density at radius 2 is 1.55 bits per heavy atom. The molecule has 0 N–H and O–H groups in total. The van der Waals surface area contributed by atoms with E-state index in [2.05, 4.69) is 32.8 Å². The molecule has 2 fully saturated rings. The Hall–Kier alpha value is -0.0800. The maximum Gasteiger partial charge on any atom is 0.177 e. The lowest BCUT2D eigenvalue weighted by molar-refractivity contribution is -0.0817. The summed E-state index contributed by atoms with van der Waals surface area (Å²) >= 11 is 0. The van der Waals surface area contributed by atoms with E-state index in [9.17, 15) is 0 Å². The van der Waals surface area contributed by atoms with Gasteiger partial charge < -0.3 is 0 Å². The molecule has 0 unspecified atom stereocenters. The molecular formula is C9H17NO+. The highest BCUT2D eigenvalue weighted by Crippen LogP contribution is 2.44. The number of hydrogen-bond acceptors (Lipinski definition) is 2. The van der Waals surface area contributed by atoms with Gasteiger partial charge in [-0.1, -0.05) is 0 Å². The second kappa shape index (κ2) is 1.80. The fraction of sp³-hybridized carbons (Fsp3) is 1.00. The van der Waals surface area contributed by atoms with Crippen LogP contribution in [-0.2, 0) is 4.84 Å². The number of nitrogens with zero attached hydrogens (tertiary/aromatic N) is 1. The molecule has 0 amide bonds. The van der Waals surface area contributed by atoms with Crippen LogP contribution in [0.3, 0.4) is 0 Å². The minimum absolute atomic E-state index is 0.256. The van der Waals surface area contributed by atoms with Gasteiger partial charge in [-0.15, -0.1) is 4.84 Å². The molecule has 0 spiro atoms. The van der Waals surface area contributed by atoms with E-state index in [0.29, 0.717) is 6.10 Å². The zero-order valence-electron chi connectivity index (χ0n) is 7.85. The summed E-state index contributed by atoms with van der Waals surface area (Å²) in [5, 5.41) is 2.19. The van der Waals surface area contributed by atoms with Crippen molar-refractivity contribution < 1.29 is 4.84 Å². The first-order valence-corrected chi connectivity index (χ1v) is 4.39. The second-order valence-corrected chi connectivity index (χ2v) is 5.05. The first-order valence-electron chi connectivity index (χ1n) is 4.39. The van der Waals surface area contributed by atoms with Crippen LogP contribution in [0.15, 0.2) is 0 Å². The average Bonchev–Trinajstić information content (AvgIpc) is 2.14. The first-order chi connectivity index (χ1) is 4.92. The number of rotatable bonds is 0. The van der Waals surface area contributed by atoms with E-state index in [-0.39, 0.29) is 11.1 Å². The molecule has 2 aliphatic heterocycles. The van der Waals surface area contributed by atoms with Crippen molar-refractivity contribution in [3.8, 4) is 0 Å². The Morgan fingerprint density at radius 1 is 1.09 bits per heavy atom. The zero-order chi connectivity index (χ0) is 8.28. The Labute approximate surface area is 68.5 Å². The van der Waals surface area contributed by atoms with E-state index in [1.807, 2.05) is 0 Å². The van der Waals surface area contributed by atoms with Crippen LogP contribution >= 0.6 is 0 Å². The highest BCUT2D eigenvalue weighted by molar-refractivity contribution is 5.05. The molecule has 0 aliphatic carbocycles. The first kappa shape index (κ1) is 7.56. The van der Waals surface area contributed by atoms with E-state index >= 15 is 0 Å². The van der Waals surface area contributed by atoms with Crippen molar-refractivity contribution in [2.75, 3.05) is 0 Å². The van der Waals surface area contributed by atoms with Gasteiger partial charge in [0.15, 0.2) is 11.1 Å². The third-order valence-electron chi connectivity index (χ3n) is 2.81. The van der Waals surface area contributed by atoms with E-state index < -0.39 is 0 Å². The minimum Gasteiger partial charge on any atom is -0.144 e. The maximum atomic E-state index is 5.74. The molecule has 2 heteroatoms. The topological polar surface area (TPSA) is 15.1 Å². The molecule has 0 aromatic heterocycles. The molecule has 2 saturated heterocycles. The quantitative estimate of drug-likeness (QED) is 0.487. The van der Waals surface area contributed by atoms with Crippen molar-refractivity contribution in [3.63, 3.8) is 0 Å². The van der Waals surface area contributed by atoms with Crippen molar-refractivity contribution in [1.29, 1.82) is 0 Å². The van der Waals surface area contributed by atoms with Crippen LogP contribution in [0.5, 0.6) is 0 Å². The smallest absolute Gasteiger partial charge is 0.144 e. The van der Waals surface area contributed by atoms with Gasteiger partial charge in [0.25, 0.3) is 0 Å². The van der Waals surface area contributed by atoms with Gasteiger partial charge in [0.05, 0.1) is 0 Å². The third-order valence-corrected chi connectivity index (χ3v) is 2.81. The van der Waals surface area contributed by atoms with Crippen LogP contribution in [0.25, 0.3) is 0 Å². The van der Waals surface area contributed by atoms with Crippen LogP contribution in [0, 0.1) is 0 Å². The van der Waals surface area contributed by atoms with Gasteiger partial charge in [0.1, 0.15) is 6.10 Å². The van der Waals surface area contributed by atoms with Crippen molar-refractivity contribution in [3.05, 3.63) is 0 Å². The Morgan fingerprint density at radius 3 is 1.73 bits per heavy atom. The molecule has 2 nitrogen and oxygen atoms in total. The van der Waals surface area contributed by atoms with Crippen molar-refractivity contribution >= 4 is 0 Å². The van der Waals surface area contributed by atoms with Gasteiger partial charge in [-0.2, -0.15) is 0 Å². The minimum atomic E-state index is 0.256. The summed E-state index contributed by atoms with van der Waals surface area (Å²) in [5.41, 5.74) is 0.513. The highest BCUT2D eigenvalue weighted by atomic mass is 16.7. The summed E-state index contributed by atoms with van der Waals surface area (Å²) in [6.07, 6.45) is 2.87. The van der Waals surface area contributed by atoms with Crippen LogP contribution in [0.4, 0.5) is 0 Å². The van der Waals surface area contributed by atoms with Gasteiger partial charge in [0.2, 0.25) is 0 Å². The number of hydroxylamine groups is 2. The van der Waals surface area contributed by atoms with Crippen molar-refractivity contribution in [2.24, 2.45) is 0 Å². The monoisotopic (exact) mass is 155 g/mol. The molecule has 0 saturated carbocycles. The lowest BCUT2D eigenvalue weighted by Crippen LogP contribution is -2.55. The SMILES string of the molecule is CC1(C)CC2CC(C)(C)[N+]1O2. The van der Waals surface area contributed by atoms with Crippen molar-refractivity contribution in [1.82, 2.24) is 5.06 Å². The highest BCUT2D eigenvalue weighted by Gasteiger charge is 2.65. The van der Waals surface area contributed by atoms with E-state index in [0.717, 1.165) is 0 Å². The van der Waals surface area contributed by atoms with Gasteiger partial charge in [-0.25, -0.2) is 0 Å². The summed E-state index contributed by atoms with van der Waals surface area (Å²) in [4.78, 5) is 5.74. The standard InChI is InChI=1S/C9H17NO/c1-8(2)5-7-6-9(3,4)10(8)11-7/h7H,5-6H2,1-4H3/q+1. The predicted molar refractivity (Wildman–Crippen MR) is 44.4 cm³/mol. The fourth-order valence-corrected chi connectivity index (χ4v) is 2.68. The van der Waals surface area contributed by atoms with Gasteiger partial charge in [0, 0.05) is 17.9 Å². The largest absolute Gasteiger partial charge is 0.177 e. The Balaban J connectivity index is 2.28. The number of piperidine rings is 1. The predicted octanol–water partition coefficient (Wildman–Crippen LogP) is 1.79. The Bertz CT molecular complexity index is 168. The molecule has 0 aromatic carbocycles.